The van der Waals surface area contributed by atoms with Gasteiger partial charge in [0.15, 0.2) is 5.69 Å². The molecule has 1 fully saturated rings. The van der Waals surface area contributed by atoms with Gasteiger partial charge in [-0.15, -0.1) is 0 Å². The molecular weight excluding hydrogens is 352 g/mol. The van der Waals surface area contributed by atoms with Gasteiger partial charge in [-0.3, -0.25) is 14.9 Å². The minimum Gasteiger partial charge on any atom is -0.337 e. The standard InChI is InChI=1S/C21H24N6O/c28-21(19-17-7-3-8-18(17)24-25-19)27-11-4-5-15(13-27)20-23-10-12-26(20)14-16-6-1-2-9-22-16/h1-2,6,9-10,12,15H,3-5,7-8,11,13-14H2,(H,24,25)/t15-/m1/s1. The molecule has 0 radical (unpaired) electrons. The Hall–Kier alpha value is -2.96. The fourth-order valence-corrected chi connectivity index (χ4v) is 4.50. The summed E-state index contributed by atoms with van der Waals surface area (Å²) >= 11 is 0. The number of imidazole rings is 1. The normalized spacial score (nSPS) is 19.0. The molecule has 1 aliphatic carbocycles. The number of nitrogens with one attached hydrogen (secondary N) is 1. The largest absolute Gasteiger partial charge is 0.337 e. The molecule has 0 spiro atoms. The van der Waals surface area contributed by atoms with Crippen molar-refractivity contribution in [2.75, 3.05) is 13.1 Å². The van der Waals surface area contributed by atoms with Crippen LogP contribution in [-0.2, 0) is 19.4 Å². The van der Waals surface area contributed by atoms with Crippen molar-refractivity contribution in [3.8, 4) is 0 Å². The molecule has 1 aliphatic heterocycles. The van der Waals surface area contributed by atoms with Gasteiger partial charge < -0.3 is 9.47 Å². The Morgan fingerprint density at radius 1 is 1.18 bits per heavy atom. The van der Waals surface area contributed by atoms with E-state index < -0.39 is 0 Å². The summed E-state index contributed by atoms with van der Waals surface area (Å²) in [6.45, 7) is 2.19. The van der Waals surface area contributed by atoms with E-state index in [0.717, 1.165) is 61.4 Å². The molecule has 5 rings (SSSR count). The lowest BCUT2D eigenvalue weighted by Gasteiger charge is -2.32. The number of H-pyrrole nitrogens is 1. The van der Waals surface area contributed by atoms with Crippen LogP contribution in [0.1, 0.15) is 58.4 Å². The fraction of sp³-hybridized carbons (Fsp3) is 0.429. The van der Waals surface area contributed by atoms with Gasteiger partial charge in [0.25, 0.3) is 5.91 Å². The molecule has 3 aromatic heterocycles. The van der Waals surface area contributed by atoms with Crippen molar-refractivity contribution in [3.05, 3.63) is 65.3 Å². The number of likely N-dealkylation sites (tertiary alicyclic amines) is 1. The second kappa shape index (κ2) is 7.22. The van der Waals surface area contributed by atoms with Crippen molar-refractivity contribution in [1.82, 2.24) is 29.6 Å². The van der Waals surface area contributed by atoms with Crippen molar-refractivity contribution in [2.45, 2.75) is 44.6 Å². The molecule has 0 unspecified atom stereocenters. The summed E-state index contributed by atoms with van der Waals surface area (Å²) < 4.78 is 2.16. The van der Waals surface area contributed by atoms with E-state index in [9.17, 15) is 4.79 Å². The fourth-order valence-electron chi connectivity index (χ4n) is 4.50. The third-order valence-corrected chi connectivity index (χ3v) is 5.89. The summed E-state index contributed by atoms with van der Waals surface area (Å²) in [5.41, 5.74) is 3.91. The molecule has 144 valence electrons. The Bertz CT molecular complexity index is 976. The Kier molecular flexibility index (Phi) is 4.43. The lowest BCUT2D eigenvalue weighted by molar-refractivity contribution is 0.0696. The summed E-state index contributed by atoms with van der Waals surface area (Å²) in [5.74, 6) is 1.34. The molecule has 1 amide bonds. The van der Waals surface area contributed by atoms with E-state index >= 15 is 0 Å². The number of fused-ring (bicyclic) bond motifs is 1. The quantitative estimate of drug-likeness (QED) is 0.759. The maximum absolute atomic E-state index is 13.1. The summed E-state index contributed by atoms with van der Waals surface area (Å²) in [6.07, 6.45) is 10.8. The smallest absolute Gasteiger partial charge is 0.274 e. The summed E-state index contributed by atoms with van der Waals surface area (Å²) in [4.78, 5) is 24.1. The zero-order valence-electron chi connectivity index (χ0n) is 15.8. The Balaban J connectivity index is 1.34. The van der Waals surface area contributed by atoms with Gasteiger partial charge in [0.05, 0.1) is 12.2 Å². The van der Waals surface area contributed by atoms with E-state index in [1.54, 1.807) is 0 Å². The topological polar surface area (TPSA) is 79.7 Å². The van der Waals surface area contributed by atoms with E-state index in [2.05, 4.69) is 24.7 Å². The van der Waals surface area contributed by atoms with Crippen molar-refractivity contribution >= 4 is 5.91 Å². The van der Waals surface area contributed by atoms with Crippen molar-refractivity contribution in [1.29, 1.82) is 0 Å². The molecule has 7 heteroatoms. The lowest BCUT2D eigenvalue weighted by Crippen LogP contribution is -2.40. The lowest BCUT2D eigenvalue weighted by atomic mass is 9.96. The molecule has 1 saturated heterocycles. The van der Waals surface area contributed by atoms with Crippen LogP contribution in [0.4, 0.5) is 0 Å². The first kappa shape index (κ1) is 17.2. The van der Waals surface area contributed by atoms with Gasteiger partial charge >= 0.3 is 0 Å². The Labute approximate surface area is 163 Å². The number of aromatic amines is 1. The number of piperidine rings is 1. The predicted octanol–water partition coefficient (Wildman–Crippen LogP) is 2.56. The summed E-state index contributed by atoms with van der Waals surface area (Å²) in [5, 5.41) is 7.39. The van der Waals surface area contributed by atoms with Crippen LogP contribution in [0.2, 0.25) is 0 Å². The third kappa shape index (κ3) is 3.10. The first-order valence-corrected chi connectivity index (χ1v) is 10.1. The number of hydrogen-bond donors (Lipinski definition) is 1. The van der Waals surface area contributed by atoms with Gasteiger partial charge in [-0.1, -0.05) is 6.07 Å². The molecule has 1 N–H and O–H groups in total. The van der Waals surface area contributed by atoms with Crippen LogP contribution in [0.25, 0.3) is 0 Å². The molecule has 0 bridgehead atoms. The van der Waals surface area contributed by atoms with Crippen LogP contribution in [0, 0.1) is 0 Å². The van der Waals surface area contributed by atoms with Crippen LogP contribution in [0.5, 0.6) is 0 Å². The zero-order valence-corrected chi connectivity index (χ0v) is 15.8. The highest BCUT2D eigenvalue weighted by atomic mass is 16.2. The van der Waals surface area contributed by atoms with E-state index in [-0.39, 0.29) is 11.8 Å². The van der Waals surface area contributed by atoms with E-state index in [0.29, 0.717) is 18.8 Å². The minimum atomic E-state index is 0.0620. The van der Waals surface area contributed by atoms with Crippen molar-refractivity contribution in [3.63, 3.8) is 0 Å². The summed E-state index contributed by atoms with van der Waals surface area (Å²) in [6, 6.07) is 5.95. The number of rotatable bonds is 4. The molecule has 4 heterocycles. The van der Waals surface area contributed by atoms with Crippen LogP contribution >= 0.6 is 0 Å². The second-order valence-electron chi connectivity index (χ2n) is 7.71. The number of amides is 1. The second-order valence-corrected chi connectivity index (χ2v) is 7.71. The number of aromatic nitrogens is 5. The number of aryl methyl sites for hydroxylation is 1. The predicted molar refractivity (Wildman–Crippen MR) is 104 cm³/mol. The number of carbonyl (C=O) groups is 1. The Morgan fingerprint density at radius 2 is 2.14 bits per heavy atom. The monoisotopic (exact) mass is 376 g/mol. The SMILES string of the molecule is O=C(c1n[nH]c2c1CCC2)N1CCC[C@@H](c2nccn2Cc2ccccn2)C1. The van der Waals surface area contributed by atoms with E-state index in [1.807, 2.05) is 41.7 Å². The molecule has 2 aliphatic rings. The van der Waals surface area contributed by atoms with Gasteiger partial charge in [-0.2, -0.15) is 5.10 Å². The molecule has 1 atom stereocenters. The average Bonchev–Trinajstić information content (AvgIpc) is 3.45. The first-order valence-electron chi connectivity index (χ1n) is 10.1. The van der Waals surface area contributed by atoms with Crippen LogP contribution in [0.3, 0.4) is 0 Å². The van der Waals surface area contributed by atoms with E-state index in [4.69, 9.17) is 0 Å². The van der Waals surface area contributed by atoms with Gasteiger partial charge in [0.2, 0.25) is 0 Å². The van der Waals surface area contributed by atoms with Crippen LogP contribution in [0.15, 0.2) is 36.8 Å². The number of nitrogens with zero attached hydrogens (tertiary/aromatic N) is 5. The van der Waals surface area contributed by atoms with Gasteiger partial charge in [-0.25, -0.2) is 4.98 Å². The summed E-state index contributed by atoms with van der Waals surface area (Å²) in [7, 11) is 0. The van der Waals surface area contributed by atoms with Crippen molar-refractivity contribution < 1.29 is 4.79 Å². The third-order valence-electron chi connectivity index (χ3n) is 5.89. The number of pyridine rings is 1. The van der Waals surface area contributed by atoms with E-state index in [1.165, 1.54) is 0 Å². The van der Waals surface area contributed by atoms with Crippen LogP contribution in [-0.4, -0.2) is 48.6 Å². The highest BCUT2D eigenvalue weighted by molar-refractivity contribution is 5.94. The molecule has 0 saturated carbocycles. The zero-order chi connectivity index (χ0) is 18.9. The molecular formula is C21H24N6O. The molecule has 3 aromatic rings. The number of hydrogen-bond acceptors (Lipinski definition) is 4. The van der Waals surface area contributed by atoms with Crippen molar-refractivity contribution in [2.24, 2.45) is 0 Å². The van der Waals surface area contributed by atoms with Gasteiger partial charge in [-0.05, 0) is 44.2 Å². The maximum atomic E-state index is 13.1. The minimum absolute atomic E-state index is 0.0620. The van der Waals surface area contributed by atoms with Gasteiger partial charge in [0, 0.05) is 48.9 Å². The maximum Gasteiger partial charge on any atom is 0.274 e. The Morgan fingerprint density at radius 3 is 3.04 bits per heavy atom. The first-order chi connectivity index (χ1) is 13.8. The average molecular weight is 376 g/mol. The van der Waals surface area contributed by atoms with Gasteiger partial charge in [0.1, 0.15) is 5.82 Å². The highest BCUT2D eigenvalue weighted by Crippen LogP contribution is 2.29. The molecule has 0 aromatic carbocycles. The molecule has 28 heavy (non-hydrogen) atoms. The van der Waals surface area contributed by atoms with Crippen LogP contribution < -0.4 is 0 Å². The highest BCUT2D eigenvalue weighted by Gasteiger charge is 2.31. The molecule has 7 nitrogen and oxygen atoms in total. The number of carbonyl (C=O) groups excluding carboxylic acids is 1.